The number of hydrogen-bond donors (Lipinski definition) is 1. The second-order valence-electron chi connectivity index (χ2n) is 8.37. The van der Waals surface area contributed by atoms with E-state index >= 15 is 0 Å². The van der Waals surface area contributed by atoms with Crippen molar-refractivity contribution in [2.45, 2.75) is 33.4 Å². The lowest BCUT2D eigenvalue weighted by Gasteiger charge is -2.36. The quantitative estimate of drug-likeness (QED) is 0.627. The van der Waals surface area contributed by atoms with Crippen LogP contribution < -0.4 is 16.1 Å². The highest BCUT2D eigenvalue weighted by molar-refractivity contribution is 6.30. The van der Waals surface area contributed by atoms with Gasteiger partial charge in [0.05, 0.1) is 12.6 Å². The van der Waals surface area contributed by atoms with Crippen LogP contribution in [-0.2, 0) is 18.4 Å². The van der Waals surface area contributed by atoms with Gasteiger partial charge in [-0.2, -0.15) is 0 Å². The first-order valence-corrected chi connectivity index (χ1v) is 11.0. The lowest BCUT2D eigenvalue weighted by molar-refractivity contribution is -0.119. The molecule has 0 aliphatic carbocycles. The minimum absolute atomic E-state index is 0.0833. The van der Waals surface area contributed by atoms with Crippen molar-refractivity contribution in [3.05, 3.63) is 55.4 Å². The summed E-state index contributed by atoms with van der Waals surface area (Å²) in [6.07, 6.45) is 0. The third-order valence-electron chi connectivity index (χ3n) is 6.25. The number of benzene rings is 1. The molecule has 1 aliphatic rings. The SMILES string of the molecule is CC(=O)[C@@H](C)n1c(CN2CCN(c3cc(Cl)ccc3C)CC2)nc2c1c(=O)[nH]c(=O)n2C. The number of halogens is 1. The number of nitrogens with one attached hydrogen (secondary N) is 1. The molecule has 170 valence electrons. The van der Waals surface area contributed by atoms with Gasteiger partial charge in [-0.25, -0.2) is 9.78 Å². The normalized spacial score (nSPS) is 16.0. The van der Waals surface area contributed by atoms with Gasteiger partial charge in [0.1, 0.15) is 5.82 Å². The molecule has 1 aliphatic heterocycles. The summed E-state index contributed by atoms with van der Waals surface area (Å²) in [6, 6.07) is 5.35. The maximum absolute atomic E-state index is 12.6. The summed E-state index contributed by atoms with van der Waals surface area (Å²) in [5.41, 5.74) is 1.79. The number of hydrogen-bond acceptors (Lipinski definition) is 6. The van der Waals surface area contributed by atoms with Crippen molar-refractivity contribution in [3.8, 4) is 0 Å². The zero-order valence-electron chi connectivity index (χ0n) is 18.7. The Morgan fingerprint density at radius 1 is 1.22 bits per heavy atom. The number of aromatic nitrogens is 4. The van der Waals surface area contributed by atoms with Crippen LogP contribution in [0.5, 0.6) is 0 Å². The molecule has 1 fully saturated rings. The second-order valence-corrected chi connectivity index (χ2v) is 8.81. The fourth-order valence-electron chi connectivity index (χ4n) is 4.23. The monoisotopic (exact) mass is 458 g/mol. The summed E-state index contributed by atoms with van der Waals surface area (Å²) in [5, 5.41) is 0.718. The highest BCUT2D eigenvalue weighted by atomic mass is 35.5. The molecule has 1 aromatic carbocycles. The van der Waals surface area contributed by atoms with Crippen molar-refractivity contribution in [1.29, 1.82) is 0 Å². The van der Waals surface area contributed by atoms with Crippen molar-refractivity contribution in [1.82, 2.24) is 24.0 Å². The lowest BCUT2D eigenvalue weighted by Crippen LogP contribution is -2.46. The third kappa shape index (κ3) is 3.98. The molecule has 3 aromatic rings. The van der Waals surface area contributed by atoms with E-state index in [1.807, 2.05) is 18.2 Å². The Bertz CT molecular complexity index is 1300. The molecule has 1 saturated heterocycles. The zero-order chi connectivity index (χ0) is 23.2. The molecule has 9 nitrogen and oxygen atoms in total. The van der Waals surface area contributed by atoms with Gasteiger partial charge >= 0.3 is 5.69 Å². The Morgan fingerprint density at radius 3 is 2.56 bits per heavy atom. The first kappa shape index (κ1) is 22.3. The van der Waals surface area contributed by atoms with Gasteiger partial charge in [0.2, 0.25) is 0 Å². The van der Waals surface area contributed by atoms with Crippen LogP contribution in [-0.4, -0.2) is 56.0 Å². The van der Waals surface area contributed by atoms with E-state index in [1.54, 1.807) is 18.5 Å². The molecule has 1 atom stereocenters. The summed E-state index contributed by atoms with van der Waals surface area (Å²) >= 11 is 6.19. The first-order valence-electron chi connectivity index (χ1n) is 10.6. The smallest absolute Gasteiger partial charge is 0.329 e. The number of Topliss-reactive ketones (excluding diaryl/α,β-unsaturated/α-hetero) is 1. The summed E-state index contributed by atoms with van der Waals surface area (Å²) in [4.78, 5) is 48.3. The fraction of sp³-hybridized carbons (Fsp3) is 0.455. The van der Waals surface area contributed by atoms with E-state index in [-0.39, 0.29) is 16.9 Å². The van der Waals surface area contributed by atoms with Gasteiger partial charge in [0, 0.05) is 43.9 Å². The molecule has 1 N–H and O–H groups in total. The van der Waals surface area contributed by atoms with E-state index in [0.717, 1.165) is 36.9 Å². The maximum atomic E-state index is 12.6. The van der Waals surface area contributed by atoms with Gasteiger partial charge in [0.25, 0.3) is 5.56 Å². The molecule has 32 heavy (non-hydrogen) atoms. The molecular formula is C22H27ClN6O3. The molecule has 0 radical (unpaired) electrons. The maximum Gasteiger partial charge on any atom is 0.329 e. The van der Waals surface area contributed by atoms with E-state index in [2.05, 4.69) is 26.7 Å². The summed E-state index contributed by atoms with van der Waals surface area (Å²) in [5.74, 6) is 0.516. The van der Waals surface area contributed by atoms with Gasteiger partial charge in [0.15, 0.2) is 16.9 Å². The topological polar surface area (TPSA) is 96.2 Å². The predicted molar refractivity (Wildman–Crippen MR) is 125 cm³/mol. The summed E-state index contributed by atoms with van der Waals surface area (Å²) in [7, 11) is 1.56. The highest BCUT2D eigenvalue weighted by Gasteiger charge is 2.26. The number of carbonyl (C=O) groups is 1. The molecular weight excluding hydrogens is 432 g/mol. The standard InChI is InChI=1S/C22H27ClN6O3/c1-13-5-6-16(23)11-17(13)28-9-7-27(8-10-28)12-18-24-20-19(29(18)14(2)15(3)30)21(31)25-22(32)26(20)4/h5-6,11,14H,7-10,12H2,1-4H3,(H,25,31,32)/t14-/m1/s1. The van der Waals surface area contributed by atoms with Crippen LogP contribution >= 0.6 is 11.6 Å². The van der Waals surface area contributed by atoms with Crippen molar-refractivity contribution in [2.24, 2.45) is 7.05 Å². The average molecular weight is 459 g/mol. The predicted octanol–water partition coefficient (Wildman–Crippen LogP) is 1.86. The van der Waals surface area contributed by atoms with Crippen LogP contribution in [0.4, 0.5) is 5.69 Å². The molecule has 0 spiro atoms. The Labute approximate surface area is 190 Å². The van der Waals surface area contributed by atoms with Crippen molar-refractivity contribution in [2.75, 3.05) is 31.1 Å². The first-order chi connectivity index (χ1) is 15.2. The molecule has 0 unspecified atom stereocenters. The van der Waals surface area contributed by atoms with Crippen LogP contribution in [0.1, 0.15) is 31.3 Å². The summed E-state index contributed by atoms with van der Waals surface area (Å²) in [6.45, 7) is 9.01. The lowest BCUT2D eigenvalue weighted by atomic mass is 10.1. The minimum atomic E-state index is -0.566. The van der Waals surface area contributed by atoms with E-state index in [4.69, 9.17) is 11.6 Å². The zero-order valence-corrected chi connectivity index (χ0v) is 19.4. The fourth-order valence-corrected chi connectivity index (χ4v) is 4.39. The van der Waals surface area contributed by atoms with Crippen LogP contribution in [0.3, 0.4) is 0 Å². The number of aromatic amines is 1. The van der Waals surface area contributed by atoms with Crippen LogP contribution in [0.15, 0.2) is 27.8 Å². The number of carbonyl (C=O) groups excluding carboxylic acids is 1. The number of aryl methyl sites for hydroxylation is 2. The Kier molecular flexibility index (Phi) is 5.96. The number of fused-ring (bicyclic) bond motifs is 1. The number of rotatable bonds is 5. The van der Waals surface area contributed by atoms with Crippen LogP contribution in [0, 0.1) is 6.92 Å². The Balaban J connectivity index is 1.63. The van der Waals surface area contributed by atoms with Crippen molar-refractivity contribution >= 4 is 34.2 Å². The number of ketones is 1. The average Bonchev–Trinajstić information content (AvgIpc) is 3.13. The van der Waals surface area contributed by atoms with Gasteiger partial charge in [-0.05, 0) is 38.5 Å². The second kappa shape index (κ2) is 8.55. The number of imidazole rings is 1. The molecule has 4 rings (SSSR count). The van der Waals surface area contributed by atoms with Gasteiger partial charge in [-0.15, -0.1) is 0 Å². The van der Waals surface area contributed by atoms with E-state index < -0.39 is 17.3 Å². The highest BCUT2D eigenvalue weighted by Crippen LogP contribution is 2.26. The number of anilines is 1. The van der Waals surface area contributed by atoms with Crippen LogP contribution in [0.2, 0.25) is 5.02 Å². The van der Waals surface area contributed by atoms with E-state index in [0.29, 0.717) is 12.4 Å². The molecule has 0 saturated carbocycles. The molecule has 10 heteroatoms. The van der Waals surface area contributed by atoms with E-state index in [1.165, 1.54) is 17.1 Å². The van der Waals surface area contributed by atoms with Gasteiger partial charge < -0.3 is 9.47 Å². The van der Waals surface area contributed by atoms with Crippen molar-refractivity contribution in [3.63, 3.8) is 0 Å². The van der Waals surface area contributed by atoms with Gasteiger partial charge in [-0.1, -0.05) is 17.7 Å². The molecule has 2 aromatic heterocycles. The molecule has 0 bridgehead atoms. The Hall–Kier alpha value is -2.91. The number of nitrogens with zero attached hydrogens (tertiary/aromatic N) is 5. The number of H-pyrrole nitrogens is 1. The van der Waals surface area contributed by atoms with E-state index in [9.17, 15) is 14.4 Å². The molecule has 3 heterocycles. The van der Waals surface area contributed by atoms with Gasteiger partial charge in [-0.3, -0.25) is 24.0 Å². The third-order valence-corrected chi connectivity index (χ3v) is 6.48. The Morgan fingerprint density at radius 2 is 1.91 bits per heavy atom. The largest absolute Gasteiger partial charge is 0.369 e. The molecule has 0 amide bonds. The van der Waals surface area contributed by atoms with Crippen LogP contribution in [0.25, 0.3) is 11.2 Å². The number of piperazine rings is 1. The minimum Gasteiger partial charge on any atom is -0.369 e. The summed E-state index contributed by atoms with van der Waals surface area (Å²) < 4.78 is 2.98. The van der Waals surface area contributed by atoms with Crippen molar-refractivity contribution < 1.29 is 4.79 Å².